The van der Waals surface area contributed by atoms with Crippen molar-refractivity contribution < 1.29 is 104 Å². The Hall–Kier alpha value is -1.10. The second-order valence-corrected chi connectivity index (χ2v) is 23.9. The minimum atomic E-state index is -1.86. The van der Waals surface area contributed by atoms with Crippen LogP contribution in [0.1, 0.15) is 106 Å². The summed E-state index contributed by atoms with van der Waals surface area (Å²) in [6.07, 6.45) is -21.2. The molecule has 10 aliphatic rings. The molecule has 3 saturated carbocycles. The number of hydrogen-bond acceptors (Lipinski definition) is 21. The van der Waals surface area contributed by atoms with Gasteiger partial charge in [0.15, 0.2) is 30.9 Å². The zero-order chi connectivity index (χ0) is 51.7. The van der Waals surface area contributed by atoms with Gasteiger partial charge in [0.05, 0.1) is 43.7 Å². The summed E-state index contributed by atoms with van der Waals surface area (Å²) in [4.78, 5) is 0. The molecule has 0 aromatic heterocycles. The van der Waals surface area contributed by atoms with Gasteiger partial charge in [-0.2, -0.15) is 0 Å². The molecule has 31 atom stereocenters. The van der Waals surface area contributed by atoms with Crippen LogP contribution >= 0.6 is 0 Å². The number of ether oxygens (including phenoxy) is 10. The molecule has 21 nitrogen and oxygen atoms in total. The van der Waals surface area contributed by atoms with Crippen LogP contribution in [0.2, 0.25) is 0 Å². The first-order valence-corrected chi connectivity index (χ1v) is 26.7. The van der Waals surface area contributed by atoms with E-state index in [1.807, 2.05) is 0 Å². The maximum atomic E-state index is 12.9. The Morgan fingerprint density at radius 2 is 1.19 bits per heavy atom. The van der Waals surface area contributed by atoms with Crippen LogP contribution in [0, 0.1) is 40.4 Å². The SMILES string of the molecule is C[C@@H]1CC[C@@]2(OC1)OC1CC3C4CC=C5C[C@@H](O[C@@H]6O[C@H](CO)[C@@H](O[C@@H]7O[C@@H](C)[C@H](O[C@@H]8O[C@@H](C)[C@H](O)[C@@H](O)[C@H]8O)[C@@H](O)[C@H]7O)[C@H](O)[C@H]6O[C@@H]6O[C@@H](C)[C@H](O)[C@@H](O)[C@H]6O)CC[C@]5(C)C4CC[C@]3(C)[C@@]1(O)[C@@H]2C. The van der Waals surface area contributed by atoms with Gasteiger partial charge in [0.25, 0.3) is 0 Å². The molecule has 21 heteroatoms. The van der Waals surface area contributed by atoms with Crippen molar-refractivity contribution >= 4 is 0 Å². The van der Waals surface area contributed by atoms with Gasteiger partial charge in [0.2, 0.25) is 0 Å². The van der Waals surface area contributed by atoms with E-state index in [-0.39, 0.29) is 28.8 Å². The molecule has 0 amide bonds. The molecule has 0 aromatic carbocycles. The Balaban J connectivity index is 0.842. The summed E-state index contributed by atoms with van der Waals surface area (Å²) >= 11 is 0. The van der Waals surface area contributed by atoms with E-state index in [4.69, 9.17) is 47.4 Å². The topological polar surface area (TPSA) is 315 Å². The summed E-state index contributed by atoms with van der Waals surface area (Å²) in [5.41, 5.74) is -0.230. The maximum absolute atomic E-state index is 12.9. The highest BCUT2D eigenvalue weighted by molar-refractivity contribution is 5.29. The lowest BCUT2D eigenvalue weighted by Gasteiger charge is -2.60. The number of allylic oxidation sites excluding steroid dienone is 1. The molecule has 6 heterocycles. The summed E-state index contributed by atoms with van der Waals surface area (Å²) in [6, 6.07) is 0. The summed E-state index contributed by atoms with van der Waals surface area (Å²) < 4.78 is 61.9. The third-order valence-corrected chi connectivity index (χ3v) is 20.0. The minimum Gasteiger partial charge on any atom is -0.394 e. The lowest BCUT2D eigenvalue weighted by Crippen LogP contribution is -2.67. The highest BCUT2D eigenvalue weighted by atomic mass is 16.8. The summed E-state index contributed by atoms with van der Waals surface area (Å²) in [6.45, 7) is 13.3. The van der Waals surface area contributed by atoms with Gasteiger partial charge in [-0.25, -0.2) is 0 Å². The molecular weight excluding hydrogens is 949 g/mol. The zero-order valence-electron chi connectivity index (χ0n) is 42.4. The molecule has 6 aliphatic heterocycles. The zero-order valence-corrected chi connectivity index (χ0v) is 42.4. The van der Waals surface area contributed by atoms with E-state index in [1.165, 1.54) is 26.3 Å². The Bertz CT molecular complexity index is 1940. The predicted octanol–water partition coefficient (Wildman–Crippen LogP) is -0.792. The van der Waals surface area contributed by atoms with Crippen molar-refractivity contribution in [2.45, 2.75) is 253 Å². The molecule has 6 saturated heterocycles. The van der Waals surface area contributed by atoms with Gasteiger partial charge in [-0.1, -0.05) is 39.3 Å². The van der Waals surface area contributed by atoms with E-state index < -0.39 is 147 Å². The molecule has 1 spiro atoms. The van der Waals surface area contributed by atoms with Gasteiger partial charge in [-0.3, -0.25) is 0 Å². The van der Waals surface area contributed by atoms with Crippen LogP contribution < -0.4 is 0 Å². The molecule has 412 valence electrons. The first kappa shape index (κ1) is 54.3. The second-order valence-electron chi connectivity index (χ2n) is 23.9. The van der Waals surface area contributed by atoms with Gasteiger partial charge in [-0.05, 0) is 101 Å². The third-order valence-electron chi connectivity index (χ3n) is 20.0. The van der Waals surface area contributed by atoms with Gasteiger partial charge in [0, 0.05) is 17.8 Å². The Labute approximate surface area is 420 Å². The first-order chi connectivity index (χ1) is 34.0. The number of aliphatic hydroxyl groups is 11. The third kappa shape index (κ3) is 8.63. The summed E-state index contributed by atoms with van der Waals surface area (Å²) in [7, 11) is 0. The Morgan fingerprint density at radius 1 is 0.597 bits per heavy atom. The van der Waals surface area contributed by atoms with E-state index in [9.17, 15) is 56.2 Å². The van der Waals surface area contributed by atoms with Crippen LogP contribution in [0.15, 0.2) is 11.6 Å². The van der Waals surface area contributed by atoms with Crippen LogP contribution in [0.3, 0.4) is 0 Å². The van der Waals surface area contributed by atoms with Gasteiger partial charge in [-0.15, -0.1) is 0 Å². The molecular formula is C51H82O21. The molecule has 10 rings (SSSR count). The smallest absolute Gasteiger partial charge is 0.187 e. The van der Waals surface area contributed by atoms with E-state index >= 15 is 0 Å². The van der Waals surface area contributed by atoms with Crippen molar-refractivity contribution in [3.05, 3.63) is 11.6 Å². The first-order valence-electron chi connectivity index (χ1n) is 26.7. The number of rotatable bonds is 9. The van der Waals surface area contributed by atoms with Crippen molar-refractivity contribution in [1.82, 2.24) is 0 Å². The highest BCUT2D eigenvalue weighted by Crippen LogP contribution is 2.72. The molecule has 0 bridgehead atoms. The van der Waals surface area contributed by atoms with Crippen LogP contribution in [0.4, 0.5) is 0 Å². The van der Waals surface area contributed by atoms with Gasteiger partial charge < -0.3 is 104 Å². The van der Waals surface area contributed by atoms with Crippen LogP contribution in [-0.2, 0) is 47.4 Å². The van der Waals surface area contributed by atoms with E-state index in [1.54, 1.807) is 0 Å². The number of aliphatic hydroxyl groups excluding tert-OH is 10. The Morgan fingerprint density at radius 3 is 1.81 bits per heavy atom. The van der Waals surface area contributed by atoms with Crippen molar-refractivity contribution in [1.29, 1.82) is 0 Å². The minimum absolute atomic E-state index is 0.151. The van der Waals surface area contributed by atoms with E-state index in [2.05, 4.69) is 33.8 Å². The van der Waals surface area contributed by atoms with E-state index in [0.29, 0.717) is 37.2 Å². The normalized spacial score (nSPS) is 58.8. The van der Waals surface area contributed by atoms with Crippen molar-refractivity contribution in [3.63, 3.8) is 0 Å². The van der Waals surface area contributed by atoms with Crippen molar-refractivity contribution in [3.8, 4) is 0 Å². The van der Waals surface area contributed by atoms with Gasteiger partial charge >= 0.3 is 0 Å². The van der Waals surface area contributed by atoms with Crippen LogP contribution in [0.5, 0.6) is 0 Å². The Kier molecular flexibility index (Phi) is 15.1. The average Bonchev–Trinajstić information content (AvgIpc) is 3.71. The molecule has 9 fully saturated rings. The lowest BCUT2D eigenvalue weighted by atomic mass is 9.46. The lowest BCUT2D eigenvalue weighted by molar-refractivity contribution is -0.394. The monoisotopic (exact) mass is 1030 g/mol. The molecule has 11 N–H and O–H groups in total. The van der Waals surface area contributed by atoms with Gasteiger partial charge in [0.1, 0.15) is 85.0 Å². The van der Waals surface area contributed by atoms with E-state index in [0.717, 1.165) is 44.9 Å². The van der Waals surface area contributed by atoms with Crippen molar-refractivity contribution in [2.75, 3.05) is 13.2 Å². The molecule has 0 radical (unpaired) electrons. The molecule has 0 aromatic rings. The molecule has 4 aliphatic carbocycles. The fourth-order valence-corrected chi connectivity index (χ4v) is 15.4. The summed E-state index contributed by atoms with van der Waals surface area (Å²) in [5, 5.41) is 122. The largest absolute Gasteiger partial charge is 0.394 e. The molecule has 72 heavy (non-hydrogen) atoms. The fourth-order valence-electron chi connectivity index (χ4n) is 15.4. The second kappa shape index (κ2) is 20.0. The number of hydrogen-bond donors (Lipinski definition) is 11. The van der Waals surface area contributed by atoms with Crippen molar-refractivity contribution in [2.24, 2.45) is 40.4 Å². The molecule has 4 unspecified atom stereocenters. The van der Waals surface area contributed by atoms with Crippen LogP contribution in [0.25, 0.3) is 0 Å². The maximum Gasteiger partial charge on any atom is 0.187 e. The predicted molar refractivity (Wildman–Crippen MR) is 245 cm³/mol. The quantitative estimate of drug-likeness (QED) is 0.126. The average molecular weight is 1030 g/mol. The standard InChI is InChI=1S/C51H82O21/c1-20-10-15-50(63-19-20)24(5)51(62)31(72-50)17-29-27-9-8-25-16-26(11-13-48(25,6)28(27)12-14-49(29,51)7)67-47-43(71-45-38(59)35(56)33(54)22(3)65-45)40(61)42(30(18-52)68-47)70-46-39(60)36(57)41(23(4)66-46)69-44-37(58)34(55)32(53)21(2)64-44/h8,20-24,26-47,52-62H,9-19H2,1-7H3/t20-,21+,22+,23+,24-,26+,27?,28?,29?,30-,31?,32+,33+,34-,35-,36+,37-,38-,39-,40+,41+,42-,43-,44+,45+,46+,47-,48+,49+,50-,51-/m1/s1. The number of fused-ring (bicyclic) bond motifs is 7. The van der Waals surface area contributed by atoms with Crippen LogP contribution in [-0.4, -0.2) is 216 Å². The fraction of sp³-hybridized carbons (Fsp3) is 0.961. The summed E-state index contributed by atoms with van der Waals surface area (Å²) in [5.74, 6) is 0.531. The highest BCUT2D eigenvalue weighted by Gasteiger charge is 2.76.